The third-order valence-corrected chi connectivity index (χ3v) is 8.43. The van der Waals surface area contributed by atoms with Crippen molar-refractivity contribution in [1.29, 1.82) is 0 Å². The molecular weight excluding hydrogens is 653 g/mol. The van der Waals surface area contributed by atoms with Gasteiger partial charge in [-0.1, -0.05) is 102 Å². The summed E-state index contributed by atoms with van der Waals surface area (Å²) in [5.74, 6) is -9.85. The smallest absolute Gasteiger partial charge is 0.429 e. The molecule has 0 aromatic heterocycles. The Morgan fingerprint density at radius 3 is 1.16 bits per heavy atom. The minimum absolute atomic E-state index is 0.00780. The second-order valence-corrected chi connectivity index (χ2v) is 12.1. The number of benzene rings is 6. The molecule has 0 spiro atoms. The van der Waals surface area contributed by atoms with Crippen molar-refractivity contribution in [3.63, 3.8) is 0 Å². The fraction of sp³-hybridized carbons (Fsp3) is 0.143. The molecule has 0 aliphatic carbocycles. The molecule has 0 saturated carbocycles. The minimum atomic E-state index is -4.61. The highest BCUT2D eigenvalue weighted by Gasteiger charge is 2.41. The Morgan fingerprint density at radius 2 is 0.780 bits per heavy atom. The molecular formula is C42H33F7O. The van der Waals surface area contributed by atoms with Gasteiger partial charge < -0.3 is 4.74 Å². The van der Waals surface area contributed by atoms with Crippen LogP contribution in [0.1, 0.15) is 33.4 Å². The zero-order chi connectivity index (χ0) is 36.3. The predicted molar refractivity (Wildman–Crippen MR) is 184 cm³/mol. The van der Waals surface area contributed by atoms with Crippen LogP contribution in [0.2, 0.25) is 0 Å². The number of ether oxygens (including phenoxy) is 1. The maximum Gasteiger partial charge on any atom is 0.432 e. The highest BCUT2D eigenvalue weighted by Crippen LogP contribution is 2.38. The van der Waals surface area contributed by atoms with Crippen LogP contribution >= 0.6 is 0 Å². The van der Waals surface area contributed by atoms with Gasteiger partial charge in [0, 0.05) is 12.1 Å². The van der Waals surface area contributed by atoms with Gasteiger partial charge in [0.05, 0.1) is 0 Å². The minimum Gasteiger partial charge on any atom is -0.429 e. The Morgan fingerprint density at radius 1 is 0.420 bits per heavy atom. The summed E-state index contributed by atoms with van der Waals surface area (Å²) >= 11 is 0. The second kappa shape index (κ2) is 14.6. The maximum absolute atomic E-state index is 14.3. The van der Waals surface area contributed by atoms with Crippen molar-refractivity contribution in [3.8, 4) is 39.1 Å². The monoisotopic (exact) mass is 686 g/mol. The van der Waals surface area contributed by atoms with Crippen molar-refractivity contribution in [2.45, 2.75) is 40.7 Å². The van der Waals surface area contributed by atoms with Gasteiger partial charge in [0.1, 0.15) is 22.9 Å². The summed E-state index contributed by atoms with van der Waals surface area (Å²) in [6.07, 6.45) is -4.61. The molecule has 1 nitrogen and oxygen atoms in total. The number of alkyl halides is 2. The summed E-state index contributed by atoms with van der Waals surface area (Å²) in [5, 5.41) is 0. The zero-order valence-corrected chi connectivity index (χ0v) is 27.9. The van der Waals surface area contributed by atoms with Crippen molar-refractivity contribution in [2.75, 3.05) is 0 Å². The maximum atomic E-state index is 14.3. The van der Waals surface area contributed by atoms with Crippen LogP contribution in [0.3, 0.4) is 0 Å². The molecule has 0 radical (unpaired) electrons. The molecule has 0 amide bonds. The van der Waals surface area contributed by atoms with Gasteiger partial charge in [-0.3, -0.25) is 0 Å². The van der Waals surface area contributed by atoms with Crippen LogP contribution in [0.5, 0.6) is 5.75 Å². The van der Waals surface area contributed by atoms with E-state index in [0.29, 0.717) is 17.7 Å². The van der Waals surface area contributed by atoms with Crippen molar-refractivity contribution in [3.05, 3.63) is 172 Å². The van der Waals surface area contributed by atoms with E-state index in [9.17, 15) is 30.7 Å². The Hall–Kier alpha value is -5.37. The van der Waals surface area contributed by atoms with Crippen LogP contribution in [0.25, 0.3) is 33.4 Å². The van der Waals surface area contributed by atoms with Gasteiger partial charge in [-0.25, -0.2) is 22.0 Å². The first-order valence-corrected chi connectivity index (χ1v) is 15.7. The van der Waals surface area contributed by atoms with E-state index in [1.165, 1.54) is 44.5 Å². The third-order valence-electron chi connectivity index (χ3n) is 8.43. The van der Waals surface area contributed by atoms with Crippen LogP contribution in [0.15, 0.2) is 109 Å². The summed E-state index contributed by atoms with van der Waals surface area (Å²) < 4.78 is 100. The normalized spacial score (nSPS) is 11.2. The molecule has 256 valence electrons. The lowest BCUT2D eigenvalue weighted by molar-refractivity contribution is -0.189. The number of hydrogen-bond donors (Lipinski definition) is 0. The Balaban J connectivity index is 0.000000200. The van der Waals surface area contributed by atoms with Gasteiger partial charge in [-0.15, -0.1) is 0 Å². The van der Waals surface area contributed by atoms with E-state index >= 15 is 0 Å². The first kappa shape index (κ1) is 35.9. The average molecular weight is 687 g/mol. The molecule has 0 heterocycles. The molecule has 0 atom stereocenters. The van der Waals surface area contributed by atoms with Gasteiger partial charge in [0.25, 0.3) is 0 Å². The van der Waals surface area contributed by atoms with E-state index in [-0.39, 0.29) is 17.7 Å². The van der Waals surface area contributed by atoms with Crippen LogP contribution in [-0.4, -0.2) is 0 Å². The number of aryl methyl sites for hydroxylation is 3. The SMILES string of the molecule is Cc1ccc(-c2cc(F)c(C(F)(F)Oc3cc(F)c(F)c(F)c3)c(F)c2)cc1.Cc1ccc(-c2ccc(-c3ccc(C)cc3)c(C)c2C)cc1. The fourth-order valence-corrected chi connectivity index (χ4v) is 5.47. The average Bonchev–Trinajstić information content (AvgIpc) is 3.06. The Labute approximate surface area is 286 Å². The molecule has 0 unspecified atom stereocenters. The summed E-state index contributed by atoms with van der Waals surface area (Å²) in [6, 6.07) is 30.2. The Bertz CT molecular complexity index is 2020. The van der Waals surface area contributed by atoms with Gasteiger partial charge in [-0.2, -0.15) is 8.78 Å². The number of halogens is 7. The molecule has 6 aromatic carbocycles. The lowest BCUT2D eigenvalue weighted by atomic mass is 9.90. The van der Waals surface area contributed by atoms with Crippen LogP contribution in [0.4, 0.5) is 30.7 Å². The molecule has 0 N–H and O–H groups in total. The van der Waals surface area contributed by atoms with E-state index in [1.54, 1.807) is 31.2 Å². The highest BCUT2D eigenvalue weighted by molar-refractivity contribution is 5.77. The van der Waals surface area contributed by atoms with E-state index < -0.39 is 46.5 Å². The molecule has 6 rings (SSSR count). The van der Waals surface area contributed by atoms with Crippen LogP contribution < -0.4 is 4.74 Å². The quantitative estimate of drug-likeness (QED) is 0.125. The van der Waals surface area contributed by atoms with E-state index in [0.717, 1.165) is 5.56 Å². The largest absolute Gasteiger partial charge is 0.432 e. The molecule has 0 bridgehead atoms. The Kier molecular flexibility index (Phi) is 10.5. The third kappa shape index (κ3) is 7.91. The lowest BCUT2D eigenvalue weighted by Crippen LogP contribution is -2.25. The van der Waals surface area contributed by atoms with Crippen molar-refractivity contribution in [1.82, 2.24) is 0 Å². The lowest BCUT2D eigenvalue weighted by Gasteiger charge is -2.20. The van der Waals surface area contributed by atoms with Gasteiger partial charge >= 0.3 is 6.11 Å². The molecule has 0 aliphatic rings. The van der Waals surface area contributed by atoms with Crippen molar-refractivity contribution >= 4 is 0 Å². The summed E-state index contributed by atoms with van der Waals surface area (Å²) in [5.41, 5.74) is 10.1. The van der Waals surface area contributed by atoms with Crippen LogP contribution in [-0.2, 0) is 6.11 Å². The second-order valence-electron chi connectivity index (χ2n) is 12.1. The summed E-state index contributed by atoms with van der Waals surface area (Å²) in [7, 11) is 0. The first-order valence-electron chi connectivity index (χ1n) is 15.7. The molecule has 6 aromatic rings. The highest BCUT2D eigenvalue weighted by atomic mass is 19.3. The van der Waals surface area contributed by atoms with E-state index in [1.807, 2.05) is 0 Å². The van der Waals surface area contributed by atoms with Crippen LogP contribution in [0, 0.1) is 63.7 Å². The first-order chi connectivity index (χ1) is 23.6. The molecule has 0 saturated heterocycles. The standard InChI is InChI=1S/C22H22.C20H11F7O/c1-15-5-9-19(10-6-15)21-13-14-22(18(4)17(21)3)20-11-7-16(2)8-12-20;1-10-2-4-11(5-3-10)12-6-14(21)18(15(22)7-12)20(26,27)28-13-8-16(23)19(25)17(24)9-13/h5-14H,1-4H3;2-9H,1H3. The van der Waals surface area contributed by atoms with E-state index in [4.69, 9.17) is 0 Å². The number of hydrogen-bond acceptors (Lipinski definition) is 1. The van der Waals surface area contributed by atoms with Gasteiger partial charge in [0.2, 0.25) is 0 Å². The zero-order valence-electron chi connectivity index (χ0n) is 27.9. The summed E-state index contributed by atoms with van der Waals surface area (Å²) in [6.45, 7) is 10.5. The number of rotatable bonds is 6. The molecule has 0 aliphatic heterocycles. The topological polar surface area (TPSA) is 9.23 Å². The molecule has 0 fully saturated rings. The van der Waals surface area contributed by atoms with Crippen molar-refractivity contribution < 1.29 is 35.5 Å². The molecule has 8 heteroatoms. The van der Waals surface area contributed by atoms with Gasteiger partial charge in [0.15, 0.2) is 17.5 Å². The molecule has 50 heavy (non-hydrogen) atoms. The van der Waals surface area contributed by atoms with Gasteiger partial charge in [-0.05, 0) is 91.3 Å². The summed E-state index contributed by atoms with van der Waals surface area (Å²) in [4.78, 5) is 0. The van der Waals surface area contributed by atoms with E-state index in [2.05, 4.69) is 93.1 Å². The fourth-order valence-electron chi connectivity index (χ4n) is 5.47. The predicted octanol–water partition coefficient (Wildman–Crippen LogP) is 12.7. The van der Waals surface area contributed by atoms with Crippen molar-refractivity contribution in [2.24, 2.45) is 0 Å².